The molecule has 2 aromatic carbocycles. The van der Waals surface area contributed by atoms with Crippen LogP contribution in [0, 0.1) is 12.7 Å². The SMILES string of the molecule is Cc1ccc(NC(=O)c2cccc(F)c2)cc1Br. The topological polar surface area (TPSA) is 29.1 Å². The number of benzene rings is 2. The molecule has 0 aliphatic heterocycles. The fraction of sp³-hybridized carbons (Fsp3) is 0.0714. The number of nitrogens with one attached hydrogen (secondary N) is 1. The number of anilines is 1. The van der Waals surface area contributed by atoms with Gasteiger partial charge in [-0.2, -0.15) is 0 Å². The minimum absolute atomic E-state index is 0.298. The van der Waals surface area contributed by atoms with Crippen LogP contribution in [0.15, 0.2) is 46.9 Å². The zero-order chi connectivity index (χ0) is 13.1. The number of hydrogen-bond acceptors (Lipinski definition) is 1. The van der Waals surface area contributed by atoms with E-state index in [4.69, 9.17) is 0 Å². The Hall–Kier alpha value is -1.68. The maximum atomic E-state index is 13.0. The second-order valence-electron chi connectivity index (χ2n) is 3.93. The van der Waals surface area contributed by atoms with Crippen LogP contribution in [-0.2, 0) is 0 Å². The van der Waals surface area contributed by atoms with Crippen LogP contribution in [0.3, 0.4) is 0 Å². The summed E-state index contributed by atoms with van der Waals surface area (Å²) >= 11 is 3.39. The molecule has 0 saturated heterocycles. The van der Waals surface area contributed by atoms with Gasteiger partial charge in [0.2, 0.25) is 0 Å². The van der Waals surface area contributed by atoms with Gasteiger partial charge >= 0.3 is 0 Å². The monoisotopic (exact) mass is 307 g/mol. The van der Waals surface area contributed by atoms with E-state index >= 15 is 0 Å². The molecule has 1 amide bonds. The summed E-state index contributed by atoms with van der Waals surface area (Å²) < 4.78 is 13.9. The minimum Gasteiger partial charge on any atom is -0.322 e. The van der Waals surface area contributed by atoms with Gasteiger partial charge in [-0.25, -0.2) is 4.39 Å². The lowest BCUT2D eigenvalue weighted by Crippen LogP contribution is -2.12. The van der Waals surface area contributed by atoms with Gasteiger partial charge in [0, 0.05) is 15.7 Å². The number of halogens is 2. The van der Waals surface area contributed by atoms with Gasteiger partial charge in [-0.1, -0.05) is 28.1 Å². The van der Waals surface area contributed by atoms with Gasteiger partial charge in [0.25, 0.3) is 5.91 Å². The lowest BCUT2D eigenvalue weighted by atomic mass is 10.2. The zero-order valence-corrected chi connectivity index (χ0v) is 11.3. The molecule has 0 aliphatic rings. The number of aryl methyl sites for hydroxylation is 1. The van der Waals surface area contributed by atoms with Crippen molar-refractivity contribution in [2.45, 2.75) is 6.92 Å². The van der Waals surface area contributed by atoms with Crippen molar-refractivity contribution in [2.75, 3.05) is 5.32 Å². The fourth-order valence-corrected chi connectivity index (χ4v) is 1.88. The molecule has 0 unspecified atom stereocenters. The molecule has 18 heavy (non-hydrogen) atoms. The van der Waals surface area contributed by atoms with Crippen molar-refractivity contribution < 1.29 is 9.18 Å². The molecule has 1 N–H and O–H groups in total. The highest BCUT2D eigenvalue weighted by Crippen LogP contribution is 2.21. The number of hydrogen-bond donors (Lipinski definition) is 1. The van der Waals surface area contributed by atoms with Crippen molar-refractivity contribution in [3.63, 3.8) is 0 Å². The Morgan fingerprint density at radius 2 is 2.00 bits per heavy atom. The molecule has 2 rings (SSSR count). The quantitative estimate of drug-likeness (QED) is 0.887. The second-order valence-corrected chi connectivity index (χ2v) is 4.78. The third kappa shape index (κ3) is 2.96. The van der Waals surface area contributed by atoms with Crippen LogP contribution in [0.2, 0.25) is 0 Å². The summed E-state index contributed by atoms with van der Waals surface area (Å²) in [4.78, 5) is 11.9. The highest BCUT2D eigenvalue weighted by molar-refractivity contribution is 9.10. The van der Waals surface area contributed by atoms with Gasteiger partial charge in [0.15, 0.2) is 0 Å². The Bertz CT molecular complexity index is 598. The van der Waals surface area contributed by atoms with Crippen LogP contribution in [0.1, 0.15) is 15.9 Å². The lowest BCUT2D eigenvalue weighted by Gasteiger charge is -2.07. The first kappa shape index (κ1) is 12.8. The average molecular weight is 308 g/mol. The van der Waals surface area contributed by atoms with Gasteiger partial charge in [-0.3, -0.25) is 4.79 Å². The summed E-state index contributed by atoms with van der Waals surface area (Å²) in [5, 5.41) is 2.72. The molecular formula is C14H11BrFNO. The van der Waals surface area contributed by atoms with E-state index in [1.54, 1.807) is 12.1 Å². The Kier molecular flexibility index (Phi) is 3.77. The van der Waals surface area contributed by atoms with Crippen molar-refractivity contribution in [1.82, 2.24) is 0 Å². The molecule has 2 nitrogen and oxygen atoms in total. The van der Waals surface area contributed by atoms with E-state index in [9.17, 15) is 9.18 Å². The molecule has 4 heteroatoms. The van der Waals surface area contributed by atoms with Crippen molar-refractivity contribution in [3.05, 3.63) is 63.9 Å². The molecule has 0 heterocycles. The highest BCUT2D eigenvalue weighted by atomic mass is 79.9. The summed E-state index contributed by atoms with van der Waals surface area (Å²) in [5.74, 6) is -0.752. The molecule has 0 fully saturated rings. The minimum atomic E-state index is -0.423. The Labute approximate surface area is 113 Å². The molecule has 0 spiro atoms. The number of amides is 1. The first-order chi connectivity index (χ1) is 8.56. The van der Waals surface area contributed by atoms with Crippen LogP contribution in [-0.4, -0.2) is 5.91 Å². The standard InChI is InChI=1S/C14H11BrFNO/c1-9-5-6-12(8-13(9)15)17-14(18)10-3-2-4-11(16)7-10/h2-8H,1H3,(H,17,18). The van der Waals surface area contributed by atoms with Crippen LogP contribution in [0.5, 0.6) is 0 Å². The first-order valence-corrected chi connectivity index (χ1v) is 6.18. The molecule has 92 valence electrons. The fourth-order valence-electron chi connectivity index (χ4n) is 1.50. The van der Waals surface area contributed by atoms with E-state index < -0.39 is 5.82 Å². The Morgan fingerprint density at radius 3 is 2.67 bits per heavy atom. The largest absolute Gasteiger partial charge is 0.322 e. The molecule has 0 aliphatic carbocycles. The third-order valence-electron chi connectivity index (χ3n) is 2.52. The first-order valence-electron chi connectivity index (χ1n) is 5.39. The summed E-state index contributed by atoms with van der Waals surface area (Å²) in [6, 6.07) is 11.1. The van der Waals surface area contributed by atoms with Crippen LogP contribution < -0.4 is 5.32 Å². The van der Waals surface area contributed by atoms with E-state index in [2.05, 4.69) is 21.2 Å². The van der Waals surface area contributed by atoms with E-state index in [0.717, 1.165) is 10.0 Å². The van der Waals surface area contributed by atoms with Gasteiger partial charge < -0.3 is 5.32 Å². The predicted octanol–water partition coefficient (Wildman–Crippen LogP) is 4.15. The zero-order valence-electron chi connectivity index (χ0n) is 9.71. The smallest absolute Gasteiger partial charge is 0.255 e. The van der Waals surface area contributed by atoms with Crippen LogP contribution in [0.4, 0.5) is 10.1 Å². The second kappa shape index (κ2) is 5.31. The Morgan fingerprint density at radius 1 is 1.22 bits per heavy atom. The van der Waals surface area contributed by atoms with Crippen molar-refractivity contribution in [1.29, 1.82) is 0 Å². The van der Waals surface area contributed by atoms with Gasteiger partial charge in [-0.05, 0) is 42.8 Å². The summed E-state index contributed by atoms with van der Waals surface area (Å²) in [5.41, 5.74) is 2.05. The average Bonchev–Trinajstić information content (AvgIpc) is 2.34. The summed E-state index contributed by atoms with van der Waals surface area (Å²) in [6.45, 7) is 1.96. The van der Waals surface area contributed by atoms with Crippen molar-refractivity contribution in [2.24, 2.45) is 0 Å². The summed E-state index contributed by atoms with van der Waals surface area (Å²) in [6.07, 6.45) is 0. The molecule has 0 aromatic heterocycles. The maximum absolute atomic E-state index is 13.0. The van der Waals surface area contributed by atoms with E-state index in [1.807, 2.05) is 19.1 Å². The molecule has 0 saturated carbocycles. The molecule has 0 bridgehead atoms. The van der Waals surface area contributed by atoms with E-state index in [0.29, 0.717) is 11.3 Å². The summed E-state index contributed by atoms with van der Waals surface area (Å²) in [7, 11) is 0. The number of carbonyl (C=O) groups is 1. The van der Waals surface area contributed by atoms with Crippen LogP contribution in [0.25, 0.3) is 0 Å². The predicted molar refractivity (Wildman–Crippen MR) is 73.2 cm³/mol. The normalized spacial score (nSPS) is 10.2. The Balaban J connectivity index is 2.18. The molecular weight excluding hydrogens is 297 g/mol. The van der Waals surface area contributed by atoms with Crippen LogP contribution >= 0.6 is 15.9 Å². The van der Waals surface area contributed by atoms with Gasteiger partial charge in [-0.15, -0.1) is 0 Å². The molecule has 2 aromatic rings. The maximum Gasteiger partial charge on any atom is 0.255 e. The molecule has 0 atom stereocenters. The number of rotatable bonds is 2. The van der Waals surface area contributed by atoms with Gasteiger partial charge in [0.05, 0.1) is 0 Å². The molecule has 0 radical (unpaired) electrons. The highest BCUT2D eigenvalue weighted by Gasteiger charge is 2.07. The third-order valence-corrected chi connectivity index (χ3v) is 3.37. The number of carbonyl (C=O) groups excluding carboxylic acids is 1. The lowest BCUT2D eigenvalue weighted by molar-refractivity contribution is 0.102. The van der Waals surface area contributed by atoms with E-state index in [1.165, 1.54) is 18.2 Å². The van der Waals surface area contributed by atoms with Crippen molar-refractivity contribution >= 4 is 27.5 Å². The van der Waals surface area contributed by atoms with Gasteiger partial charge in [0.1, 0.15) is 5.82 Å². The van der Waals surface area contributed by atoms with Crippen molar-refractivity contribution in [3.8, 4) is 0 Å². The van der Waals surface area contributed by atoms with E-state index in [-0.39, 0.29) is 5.91 Å².